The van der Waals surface area contributed by atoms with Crippen LogP contribution in [0, 0.1) is 0 Å². The van der Waals surface area contributed by atoms with Gasteiger partial charge < -0.3 is 20.6 Å². The van der Waals surface area contributed by atoms with Crippen molar-refractivity contribution >= 4 is 34.4 Å². The van der Waals surface area contributed by atoms with Crippen molar-refractivity contribution in [2.24, 2.45) is 0 Å². The van der Waals surface area contributed by atoms with Crippen LogP contribution in [0.5, 0.6) is 0 Å². The fraction of sp³-hybridized carbons (Fsp3) is 0.500. The van der Waals surface area contributed by atoms with Crippen LogP contribution in [0.25, 0.3) is 11.0 Å². The van der Waals surface area contributed by atoms with E-state index in [1.165, 1.54) is 0 Å². The third kappa shape index (κ3) is 3.47. The SMILES string of the molecule is CC(C)(C)N1CC2=C(N1)C(=O)NC1(CCN(C(=O)c3cnc4c(Cl)c[nH]c4c3)CC1)C2. The van der Waals surface area contributed by atoms with E-state index >= 15 is 0 Å². The van der Waals surface area contributed by atoms with Crippen LogP contribution >= 0.6 is 11.6 Å². The molecule has 8 nitrogen and oxygen atoms in total. The van der Waals surface area contributed by atoms with E-state index in [9.17, 15) is 9.59 Å². The highest BCUT2D eigenvalue weighted by Gasteiger charge is 2.45. The van der Waals surface area contributed by atoms with E-state index in [1.54, 1.807) is 18.5 Å². The van der Waals surface area contributed by atoms with E-state index in [-0.39, 0.29) is 22.9 Å². The molecule has 31 heavy (non-hydrogen) atoms. The number of rotatable bonds is 1. The zero-order chi connectivity index (χ0) is 22.0. The summed E-state index contributed by atoms with van der Waals surface area (Å²) >= 11 is 6.09. The molecule has 3 aliphatic heterocycles. The van der Waals surface area contributed by atoms with E-state index in [1.807, 2.05) is 4.90 Å². The van der Waals surface area contributed by atoms with Crippen molar-refractivity contribution in [2.45, 2.75) is 51.1 Å². The second-order valence-electron chi connectivity index (χ2n) is 9.81. The van der Waals surface area contributed by atoms with Crippen LogP contribution in [-0.2, 0) is 4.79 Å². The first-order chi connectivity index (χ1) is 14.7. The molecule has 5 rings (SSSR count). The normalized spacial score (nSPS) is 21.4. The van der Waals surface area contributed by atoms with E-state index < -0.39 is 0 Å². The first kappa shape index (κ1) is 20.3. The Balaban J connectivity index is 1.28. The van der Waals surface area contributed by atoms with E-state index in [0.717, 1.165) is 36.9 Å². The van der Waals surface area contributed by atoms with E-state index in [2.05, 4.69) is 46.5 Å². The molecular weight excluding hydrogens is 416 g/mol. The molecule has 1 fully saturated rings. The third-order valence-electron chi connectivity index (χ3n) is 6.64. The Morgan fingerprint density at radius 2 is 2.00 bits per heavy atom. The van der Waals surface area contributed by atoms with Gasteiger partial charge in [0.1, 0.15) is 11.2 Å². The molecule has 2 aromatic rings. The highest BCUT2D eigenvalue weighted by molar-refractivity contribution is 6.35. The molecule has 0 saturated carbocycles. The zero-order valence-corrected chi connectivity index (χ0v) is 18.8. The summed E-state index contributed by atoms with van der Waals surface area (Å²) < 4.78 is 0. The average molecular weight is 443 g/mol. The molecule has 1 spiro atoms. The lowest BCUT2D eigenvalue weighted by Gasteiger charge is -2.44. The number of pyridine rings is 1. The Bertz CT molecular complexity index is 1110. The van der Waals surface area contributed by atoms with Crippen molar-refractivity contribution in [3.8, 4) is 0 Å². The maximum absolute atomic E-state index is 13.0. The minimum Gasteiger partial charge on any atom is -0.358 e. The van der Waals surface area contributed by atoms with Gasteiger partial charge in [-0.05, 0) is 51.7 Å². The van der Waals surface area contributed by atoms with Gasteiger partial charge in [-0.1, -0.05) is 11.6 Å². The number of halogens is 1. The average Bonchev–Trinajstić information content (AvgIpc) is 3.32. The quantitative estimate of drug-likeness (QED) is 0.631. The van der Waals surface area contributed by atoms with Gasteiger partial charge in [-0.25, -0.2) is 5.01 Å². The van der Waals surface area contributed by atoms with Crippen molar-refractivity contribution < 1.29 is 9.59 Å². The molecule has 0 unspecified atom stereocenters. The van der Waals surface area contributed by atoms with Crippen molar-refractivity contribution in [1.29, 1.82) is 0 Å². The van der Waals surface area contributed by atoms with Gasteiger partial charge in [0.25, 0.3) is 11.8 Å². The molecule has 164 valence electrons. The molecule has 0 aliphatic carbocycles. The molecule has 0 atom stereocenters. The van der Waals surface area contributed by atoms with Crippen molar-refractivity contribution in [2.75, 3.05) is 19.6 Å². The second-order valence-corrected chi connectivity index (χ2v) is 10.2. The number of hydrogen-bond donors (Lipinski definition) is 3. The second kappa shape index (κ2) is 6.97. The Kier molecular flexibility index (Phi) is 4.57. The lowest BCUT2D eigenvalue weighted by Crippen LogP contribution is -2.59. The number of carbonyl (C=O) groups excluding carboxylic acids is 2. The number of amides is 2. The van der Waals surface area contributed by atoms with Crippen molar-refractivity contribution in [3.63, 3.8) is 0 Å². The first-order valence-electron chi connectivity index (χ1n) is 10.7. The number of fused-ring (bicyclic) bond motifs is 1. The number of hydrogen-bond acceptors (Lipinski definition) is 5. The van der Waals surface area contributed by atoms with Gasteiger partial charge in [0, 0.05) is 43.1 Å². The molecule has 0 aromatic carbocycles. The standard InChI is InChI=1S/C22H27ClN6O2/c1-21(2,3)29-12-14-9-22(26-19(30)17(14)27-29)4-6-28(7-5-22)20(31)13-8-16-18(25-10-13)15(23)11-24-16/h8,10-11,24,27H,4-7,9,12H2,1-3H3,(H,26,30). The molecule has 3 aliphatic rings. The molecule has 2 aromatic heterocycles. The molecule has 2 amide bonds. The third-order valence-corrected chi connectivity index (χ3v) is 6.93. The maximum atomic E-state index is 13.0. The Morgan fingerprint density at radius 3 is 2.71 bits per heavy atom. The number of hydrazine groups is 1. The fourth-order valence-electron chi connectivity index (χ4n) is 4.75. The summed E-state index contributed by atoms with van der Waals surface area (Å²) in [6.45, 7) is 8.33. The number of H-pyrrole nitrogens is 1. The molecular formula is C22H27ClN6O2. The van der Waals surface area contributed by atoms with Crippen LogP contribution in [0.15, 0.2) is 29.7 Å². The van der Waals surface area contributed by atoms with Gasteiger partial charge in [0.15, 0.2) is 0 Å². The lowest BCUT2D eigenvalue weighted by atomic mass is 9.79. The number of carbonyl (C=O) groups is 2. The van der Waals surface area contributed by atoms with Crippen molar-refractivity contribution in [3.05, 3.63) is 40.3 Å². The van der Waals surface area contributed by atoms with Gasteiger partial charge in [-0.15, -0.1) is 0 Å². The van der Waals surface area contributed by atoms with E-state index in [0.29, 0.717) is 34.9 Å². The van der Waals surface area contributed by atoms with Gasteiger partial charge in [0.2, 0.25) is 0 Å². The summed E-state index contributed by atoms with van der Waals surface area (Å²) in [6.07, 6.45) is 5.55. The van der Waals surface area contributed by atoms with E-state index in [4.69, 9.17) is 11.6 Å². The maximum Gasteiger partial charge on any atom is 0.269 e. The largest absolute Gasteiger partial charge is 0.358 e. The van der Waals surface area contributed by atoms with Gasteiger partial charge in [-0.2, -0.15) is 0 Å². The van der Waals surface area contributed by atoms with Gasteiger partial charge in [-0.3, -0.25) is 14.6 Å². The molecule has 3 N–H and O–H groups in total. The number of likely N-dealkylation sites (tertiary alicyclic amines) is 1. The van der Waals surface area contributed by atoms with Crippen LogP contribution in [0.3, 0.4) is 0 Å². The molecule has 0 bridgehead atoms. The monoisotopic (exact) mass is 442 g/mol. The minimum atomic E-state index is -0.280. The Labute approximate surface area is 186 Å². The van der Waals surface area contributed by atoms with Crippen LogP contribution < -0.4 is 10.7 Å². The van der Waals surface area contributed by atoms with Crippen LogP contribution in [0.2, 0.25) is 5.02 Å². The fourth-order valence-corrected chi connectivity index (χ4v) is 4.96. The number of aromatic nitrogens is 2. The Hall–Kier alpha value is -2.58. The number of piperidine rings is 1. The number of nitrogens with one attached hydrogen (secondary N) is 3. The summed E-state index contributed by atoms with van der Waals surface area (Å²) in [7, 11) is 0. The minimum absolute atomic E-state index is 0.0361. The molecule has 5 heterocycles. The smallest absolute Gasteiger partial charge is 0.269 e. The van der Waals surface area contributed by atoms with Crippen LogP contribution in [-0.4, -0.2) is 62.4 Å². The Morgan fingerprint density at radius 1 is 1.26 bits per heavy atom. The summed E-state index contributed by atoms with van der Waals surface area (Å²) in [5.74, 6) is -0.0792. The van der Waals surface area contributed by atoms with Gasteiger partial charge >= 0.3 is 0 Å². The number of nitrogens with zero attached hydrogens (tertiary/aromatic N) is 3. The predicted molar refractivity (Wildman–Crippen MR) is 118 cm³/mol. The van der Waals surface area contributed by atoms with Crippen LogP contribution in [0.1, 0.15) is 50.4 Å². The molecule has 1 saturated heterocycles. The van der Waals surface area contributed by atoms with Crippen LogP contribution in [0.4, 0.5) is 0 Å². The zero-order valence-electron chi connectivity index (χ0n) is 18.0. The summed E-state index contributed by atoms with van der Waals surface area (Å²) in [5, 5.41) is 5.90. The highest BCUT2D eigenvalue weighted by Crippen LogP contribution is 2.37. The summed E-state index contributed by atoms with van der Waals surface area (Å²) in [6, 6.07) is 1.80. The highest BCUT2D eigenvalue weighted by atomic mass is 35.5. The summed E-state index contributed by atoms with van der Waals surface area (Å²) in [5.41, 5.74) is 6.76. The number of aromatic amines is 1. The topological polar surface area (TPSA) is 93.4 Å². The summed E-state index contributed by atoms with van der Waals surface area (Å²) in [4.78, 5) is 35.1. The van der Waals surface area contributed by atoms with Gasteiger partial charge in [0.05, 0.1) is 16.1 Å². The first-order valence-corrected chi connectivity index (χ1v) is 11.0. The predicted octanol–water partition coefficient (Wildman–Crippen LogP) is 2.58. The molecule has 9 heteroatoms. The van der Waals surface area contributed by atoms with Crippen molar-refractivity contribution in [1.82, 2.24) is 30.6 Å². The lowest BCUT2D eigenvalue weighted by molar-refractivity contribution is -0.121. The molecule has 0 radical (unpaired) electrons.